The minimum absolute atomic E-state index is 0.0373. The summed E-state index contributed by atoms with van der Waals surface area (Å²) in [6.07, 6.45) is -2.54. The Morgan fingerprint density at radius 2 is 1.71 bits per heavy atom. The molecule has 0 fully saturated rings. The average molecular weight is 287 g/mol. The van der Waals surface area contributed by atoms with Crippen molar-refractivity contribution in [2.24, 2.45) is 0 Å². The number of aromatic hydroxyl groups is 2. The second-order valence-corrected chi connectivity index (χ2v) is 4.76. The lowest BCUT2D eigenvalue weighted by Crippen LogP contribution is -2.36. The van der Waals surface area contributed by atoms with Gasteiger partial charge in [-0.1, -0.05) is 17.9 Å². The summed E-state index contributed by atoms with van der Waals surface area (Å²) in [7, 11) is 0. The second-order valence-electron chi connectivity index (χ2n) is 4.76. The highest BCUT2D eigenvalue weighted by Crippen LogP contribution is 2.40. The van der Waals surface area contributed by atoms with E-state index < -0.39 is 23.7 Å². The number of aliphatic hydroxyl groups is 1. The fourth-order valence-corrected chi connectivity index (χ4v) is 2.31. The highest BCUT2D eigenvalue weighted by atomic mass is 16.5. The summed E-state index contributed by atoms with van der Waals surface area (Å²) in [5.41, 5.74) is 0.199. The van der Waals surface area contributed by atoms with E-state index in [0.29, 0.717) is 5.56 Å². The van der Waals surface area contributed by atoms with E-state index >= 15 is 0 Å². The zero-order valence-electron chi connectivity index (χ0n) is 10.7. The van der Waals surface area contributed by atoms with Gasteiger partial charge in [-0.25, -0.2) is 0 Å². The third-order valence-electron chi connectivity index (χ3n) is 3.33. The van der Waals surface area contributed by atoms with Crippen LogP contribution in [-0.4, -0.2) is 27.2 Å². The predicted molar refractivity (Wildman–Crippen MR) is 69.4 cm³/mol. The number of carbonyl (C=O) groups is 1. The number of phenolic OH excluding ortho intramolecular Hbond substituents is 2. The summed E-state index contributed by atoms with van der Waals surface area (Å²) in [5, 5.41) is 40.5. The molecule has 0 bridgehead atoms. The third-order valence-corrected chi connectivity index (χ3v) is 3.33. The molecule has 0 amide bonds. The molecule has 1 aliphatic heterocycles. The minimum atomic E-state index is -1.53. The SMILES string of the molecule is O=C1c2c([O-])cc(O)cc2O[C@H](c2ccc(O)cc2)[C@H]1O. The second kappa shape index (κ2) is 4.68. The molecule has 0 radical (unpaired) electrons. The first kappa shape index (κ1) is 13.3. The molecule has 0 aromatic heterocycles. The minimum Gasteiger partial charge on any atom is -0.872 e. The molecule has 0 saturated heterocycles. The first-order chi connectivity index (χ1) is 9.97. The number of ketones is 1. The Hall–Kier alpha value is -2.73. The molecular formula is C15H11O6-. The van der Waals surface area contributed by atoms with E-state index in [0.717, 1.165) is 12.1 Å². The fraction of sp³-hybridized carbons (Fsp3) is 0.133. The Labute approximate surface area is 119 Å². The van der Waals surface area contributed by atoms with Gasteiger partial charge in [0.15, 0.2) is 18.0 Å². The predicted octanol–water partition coefficient (Wildman–Crippen LogP) is 0.849. The molecular weight excluding hydrogens is 276 g/mol. The van der Waals surface area contributed by atoms with Gasteiger partial charge in [-0.3, -0.25) is 4.79 Å². The number of rotatable bonds is 1. The highest BCUT2D eigenvalue weighted by Gasteiger charge is 2.37. The lowest BCUT2D eigenvalue weighted by Gasteiger charge is -2.32. The van der Waals surface area contributed by atoms with Crippen LogP contribution < -0.4 is 9.84 Å². The lowest BCUT2D eigenvalue weighted by atomic mass is 9.93. The maximum absolute atomic E-state index is 12.1. The largest absolute Gasteiger partial charge is 0.872 e. The van der Waals surface area contributed by atoms with Gasteiger partial charge in [-0.15, -0.1) is 0 Å². The van der Waals surface area contributed by atoms with E-state index in [1.807, 2.05) is 0 Å². The molecule has 1 heterocycles. The van der Waals surface area contributed by atoms with Crippen molar-refractivity contribution >= 4 is 5.78 Å². The van der Waals surface area contributed by atoms with Crippen molar-refractivity contribution in [1.29, 1.82) is 0 Å². The quantitative estimate of drug-likeness (QED) is 0.717. The van der Waals surface area contributed by atoms with Crippen LogP contribution in [0.1, 0.15) is 22.0 Å². The zero-order valence-corrected chi connectivity index (χ0v) is 10.7. The van der Waals surface area contributed by atoms with Gasteiger partial charge >= 0.3 is 0 Å². The van der Waals surface area contributed by atoms with Gasteiger partial charge in [0.1, 0.15) is 17.2 Å². The van der Waals surface area contributed by atoms with Gasteiger partial charge < -0.3 is 25.2 Å². The molecule has 1 aliphatic rings. The summed E-state index contributed by atoms with van der Waals surface area (Å²) < 4.78 is 5.49. The van der Waals surface area contributed by atoms with Gasteiger partial charge in [0.2, 0.25) is 0 Å². The number of Topliss-reactive ketones (excluding diaryl/α,β-unsaturated/α-hetero) is 1. The van der Waals surface area contributed by atoms with Gasteiger partial charge in [-0.05, 0) is 23.8 Å². The van der Waals surface area contributed by atoms with Gasteiger partial charge in [-0.2, -0.15) is 0 Å². The van der Waals surface area contributed by atoms with Crippen LogP contribution in [0.5, 0.6) is 23.0 Å². The number of ether oxygens (including phenoxy) is 1. The first-order valence-electron chi connectivity index (χ1n) is 6.19. The van der Waals surface area contributed by atoms with Crippen molar-refractivity contribution in [3.8, 4) is 23.0 Å². The van der Waals surface area contributed by atoms with E-state index in [4.69, 9.17) is 4.74 Å². The number of phenols is 2. The van der Waals surface area contributed by atoms with Crippen molar-refractivity contribution in [2.45, 2.75) is 12.2 Å². The van der Waals surface area contributed by atoms with Gasteiger partial charge in [0.25, 0.3) is 0 Å². The van der Waals surface area contributed by atoms with Crippen molar-refractivity contribution in [3.05, 3.63) is 47.5 Å². The molecule has 0 aliphatic carbocycles. The summed E-state index contributed by atoms with van der Waals surface area (Å²) in [6.45, 7) is 0. The number of benzene rings is 2. The smallest absolute Gasteiger partial charge is 0.198 e. The van der Waals surface area contributed by atoms with Crippen LogP contribution in [0.3, 0.4) is 0 Å². The number of hydrogen-bond donors (Lipinski definition) is 3. The topological polar surface area (TPSA) is 110 Å². The molecule has 108 valence electrons. The molecule has 2 aromatic carbocycles. The molecule has 0 spiro atoms. The summed E-state index contributed by atoms with van der Waals surface area (Å²) in [5.74, 6) is -1.78. The van der Waals surface area contributed by atoms with Crippen LogP contribution in [0, 0.1) is 0 Å². The Morgan fingerprint density at radius 1 is 1.05 bits per heavy atom. The summed E-state index contributed by atoms with van der Waals surface area (Å²) in [6, 6.07) is 7.85. The maximum Gasteiger partial charge on any atom is 0.198 e. The summed E-state index contributed by atoms with van der Waals surface area (Å²) in [4.78, 5) is 12.1. The molecule has 21 heavy (non-hydrogen) atoms. The van der Waals surface area contributed by atoms with Crippen LogP contribution in [0.15, 0.2) is 36.4 Å². The maximum atomic E-state index is 12.1. The molecule has 0 saturated carbocycles. The monoisotopic (exact) mass is 287 g/mol. The van der Waals surface area contributed by atoms with E-state index in [2.05, 4.69) is 0 Å². The van der Waals surface area contributed by atoms with Crippen LogP contribution >= 0.6 is 0 Å². The van der Waals surface area contributed by atoms with E-state index in [9.17, 15) is 25.2 Å². The number of carbonyl (C=O) groups excluding carboxylic acids is 1. The number of hydrogen-bond acceptors (Lipinski definition) is 6. The van der Waals surface area contributed by atoms with Crippen molar-refractivity contribution in [1.82, 2.24) is 0 Å². The molecule has 0 unspecified atom stereocenters. The summed E-state index contributed by atoms with van der Waals surface area (Å²) >= 11 is 0. The van der Waals surface area contributed by atoms with Crippen LogP contribution in [0.4, 0.5) is 0 Å². The number of aliphatic hydroxyl groups excluding tert-OH is 1. The molecule has 3 N–H and O–H groups in total. The number of fused-ring (bicyclic) bond motifs is 1. The molecule has 6 heteroatoms. The van der Waals surface area contributed by atoms with Crippen LogP contribution in [-0.2, 0) is 0 Å². The first-order valence-corrected chi connectivity index (χ1v) is 6.19. The molecule has 3 rings (SSSR count). The van der Waals surface area contributed by atoms with E-state index in [1.54, 1.807) is 0 Å². The van der Waals surface area contributed by atoms with Crippen LogP contribution in [0.2, 0.25) is 0 Å². The Bertz CT molecular complexity index is 707. The molecule has 6 nitrogen and oxygen atoms in total. The Balaban J connectivity index is 2.07. The molecule has 2 aromatic rings. The average Bonchev–Trinajstić information content (AvgIpc) is 2.43. The van der Waals surface area contributed by atoms with Gasteiger partial charge in [0, 0.05) is 6.07 Å². The van der Waals surface area contributed by atoms with Gasteiger partial charge in [0.05, 0.1) is 5.56 Å². The molecule has 2 atom stereocenters. The van der Waals surface area contributed by atoms with Crippen molar-refractivity contribution < 1.29 is 30.0 Å². The van der Waals surface area contributed by atoms with Crippen molar-refractivity contribution in [3.63, 3.8) is 0 Å². The standard InChI is InChI=1S/C15H12O6/c16-8-3-1-7(2-4-8)15-14(20)13(19)12-10(18)5-9(17)6-11(12)21-15/h1-6,14-18,20H/p-1/t14-,15+/m0/s1. The van der Waals surface area contributed by atoms with Crippen molar-refractivity contribution in [2.75, 3.05) is 0 Å². The lowest BCUT2D eigenvalue weighted by molar-refractivity contribution is -0.269. The Kier molecular flexibility index (Phi) is 2.95. The highest BCUT2D eigenvalue weighted by molar-refractivity contribution is 6.05. The third kappa shape index (κ3) is 2.15. The fourth-order valence-electron chi connectivity index (χ4n) is 2.31. The van der Waals surface area contributed by atoms with E-state index in [1.165, 1.54) is 24.3 Å². The van der Waals surface area contributed by atoms with E-state index in [-0.39, 0.29) is 22.8 Å². The van der Waals surface area contributed by atoms with Crippen LogP contribution in [0.25, 0.3) is 0 Å². The normalized spacial score (nSPS) is 20.7. The Morgan fingerprint density at radius 3 is 2.38 bits per heavy atom. The zero-order chi connectivity index (χ0) is 15.1.